The summed E-state index contributed by atoms with van der Waals surface area (Å²) in [4.78, 5) is 25.5. The Morgan fingerprint density at radius 3 is 2.67 bits per heavy atom. The molecule has 0 aliphatic heterocycles. The quantitative estimate of drug-likeness (QED) is 0.856. The molecule has 0 saturated heterocycles. The highest BCUT2D eigenvalue weighted by Gasteiger charge is 2.25. The lowest BCUT2D eigenvalue weighted by molar-refractivity contribution is -0.122. The molecule has 0 saturated carbocycles. The summed E-state index contributed by atoms with van der Waals surface area (Å²) in [6.45, 7) is 2.30. The van der Waals surface area contributed by atoms with Gasteiger partial charge in [-0.05, 0) is 35.0 Å². The first-order valence-corrected chi connectivity index (χ1v) is 6.93. The number of hydrogen-bond acceptors (Lipinski definition) is 4. The highest BCUT2D eigenvalue weighted by atomic mass is 79.9. The molecule has 5 nitrogen and oxygen atoms in total. The van der Waals surface area contributed by atoms with E-state index in [9.17, 15) is 9.59 Å². The van der Waals surface area contributed by atoms with E-state index < -0.39 is 11.9 Å². The first kappa shape index (κ1) is 15.1. The number of hydrogen-bond donors (Lipinski definition) is 1. The van der Waals surface area contributed by atoms with E-state index in [0.29, 0.717) is 18.0 Å². The lowest BCUT2D eigenvalue weighted by Crippen LogP contribution is -2.47. The molecule has 0 aliphatic rings. The van der Waals surface area contributed by atoms with Gasteiger partial charge in [0.2, 0.25) is 5.91 Å². The van der Waals surface area contributed by atoms with Gasteiger partial charge in [0.15, 0.2) is 0 Å². The normalized spacial score (nSPS) is 12.2. The smallest absolute Gasteiger partial charge is 0.264 e. The zero-order valence-corrected chi connectivity index (χ0v) is 12.6. The second-order valence-electron chi connectivity index (χ2n) is 3.67. The van der Waals surface area contributed by atoms with E-state index in [1.54, 1.807) is 26.2 Å². The van der Waals surface area contributed by atoms with E-state index in [-0.39, 0.29) is 5.91 Å². The predicted molar refractivity (Wildman–Crippen MR) is 73.6 cm³/mol. The van der Waals surface area contributed by atoms with Gasteiger partial charge < -0.3 is 15.4 Å². The van der Waals surface area contributed by atoms with Crippen molar-refractivity contribution in [1.29, 1.82) is 0 Å². The second kappa shape index (κ2) is 6.86. The van der Waals surface area contributed by atoms with Crippen LogP contribution in [0.5, 0.6) is 0 Å². The maximum Gasteiger partial charge on any atom is 0.264 e. The maximum atomic E-state index is 12.3. The van der Waals surface area contributed by atoms with Crippen molar-refractivity contribution >= 4 is 39.1 Å². The number of methoxy groups -OCH3 is 1. The molecule has 1 atom stereocenters. The Labute approximate surface area is 118 Å². The topological polar surface area (TPSA) is 72.6 Å². The molecule has 1 heterocycles. The van der Waals surface area contributed by atoms with Crippen molar-refractivity contribution in [2.75, 3.05) is 20.3 Å². The SMILES string of the molecule is COCCN(C(=O)c1ccc(Br)s1)C(C)C(N)=O. The Morgan fingerprint density at radius 2 is 2.22 bits per heavy atom. The van der Waals surface area contributed by atoms with Gasteiger partial charge in [-0.1, -0.05) is 0 Å². The highest BCUT2D eigenvalue weighted by molar-refractivity contribution is 9.11. The minimum atomic E-state index is -0.659. The Bertz CT molecular complexity index is 436. The van der Waals surface area contributed by atoms with Crippen LogP contribution in [0.3, 0.4) is 0 Å². The van der Waals surface area contributed by atoms with Gasteiger partial charge >= 0.3 is 0 Å². The van der Waals surface area contributed by atoms with Crippen LogP contribution in [0.15, 0.2) is 15.9 Å². The second-order valence-corrected chi connectivity index (χ2v) is 6.14. The highest BCUT2D eigenvalue weighted by Crippen LogP contribution is 2.23. The van der Waals surface area contributed by atoms with E-state index in [4.69, 9.17) is 10.5 Å². The molecule has 2 amide bonds. The standard InChI is InChI=1S/C11H15BrN2O3S/c1-7(10(13)15)14(5-6-17-2)11(16)8-3-4-9(12)18-8/h3-4,7H,5-6H2,1-2H3,(H2,13,15). The molecule has 100 valence electrons. The lowest BCUT2D eigenvalue weighted by Gasteiger charge is -2.26. The van der Waals surface area contributed by atoms with Crippen molar-refractivity contribution in [1.82, 2.24) is 4.90 Å². The molecule has 0 fully saturated rings. The minimum absolute atomic E-state index is 0.214. The largest absolute Gasteiger partial charge is 0.383 e. The first-order chi connectivity index (χ1) is 8.47. The van der Waals surface area contributed by atoms with Crippen LogP contribution in [0.2, 0.25) is 0 Å². The van der Waals surface area contributed by atoms with Crippen LogP contribution in [-0.2, 0) is 9.53 Å². The first-order valence-electron chi connectivity index (χ1n) is 5.32. The third-order valence-electron chi connectivity index (χ3n) is 2.46. The van der Waals surface area contributed by atoms with Gasteiger partial charge in [0.25, 0.3) is 5.91 Å². The minimum Gasteiger partial charge on any atom is -0.383 e. The summed E-state index contributed by atoms with van der Waals surface area (Å²) in [5, 5.41) is 0. The van der Waals surface area contributed by atoms with E-state index in [1.807, 2.05) is 0 Å². The average molecular weight is 335 g/mol. The Hall–Kier alpha value is -0.920. The molecule has 18 heavy (non-hydrogen) atoms. The Morgan fingerprint density at radius 1 is 1.56 bits per heavy atom. The number of carbonyl (C=O) groups excluding carboxylic acids is 2. The number of ether oxygens (including phenoxy) is 1. The number of thiophene rings is 1. The Kier molecular flexibility index (Phi) is 5.77. The molecule has 0 bridgehead atoms. The zero-order valence-electron chi connectivity index (χ0n) is 10.2. The molecule has 0 radical (unpaired) electrons. The fourth-order valence-electron chi connectivity index (χ4n) is 1.39. The van der Waals surface area contributed by atoms with E-state index in [1.165, 1.54) is 16.2 Å². The number of halogens is 1. The number of carbonyl (C=O) groups is 2. The summed E-state index contributed by atoms with van der Waals surface area (Å²) in [7, 11) is 1.54. The molecular weight excluding hydrogens is 320 g/mol. The summed E-state index contributed by atoms with van der Waals surface area (Å²) >= 11 is 4.62. The summed E-state index contributed by atoms with van der Waals surface area (Å²) in [5.74, 6) is -0.746. The van der Waals surface area contributed by atoms with Crippen LogP contribution in [0.4, 0.5) is 0 Å². The van der Waals surface area contributed by atoms with Crippen molar-refractivity contribution < 1.29 is 14.3 Å². The molecule has 0 aliphatic carbocycles. The molecule has 1 rings (SSSR count). The fourth-order valence-corrected chi connectivity index (χ4v) is 2.73. The average Bonchev–Trinajstić information content (AvgIpc) is 2.75. The van der Waals surface area contributed by atoms with Crippen molar-refractivity contribution in [3.8, 4) is 0 Å². The van der Waals surface area contributed by atoms with Gasteiger partial charge in [0.1, 0.15) is 6.04 Å². The van der Waals surface area contributed by atoms with Gasteiger partial charge in [-0.3, -0.25) is 9.59 Å². The third kappa shape index (κ3) is 3.79. The number of rotatable bonds is 6. The maximum absolute atomic E-state index is 12.3. The molecule has 7 heteroatoms. The predicted octanol–water partition coefficient (Wildman–Crippen LogP) is 1.47. The van der Waals surface area contributed by atoms with Gasteiger partial charge in [-0.15, -0.1) is 11.3 Å². The van der Waals surface area contributed by atoms with E-state index in [2.05, 4.69) is 15.9 Å². The van der Waals surface area contributed by atoms with Crippen molar-refractivity contribution in [2.24, 2.45) is 5.73 Å². The van der Waals surface area contributed by atoms with Crippen LogP contribution in [-0.4, -0.2) is 43.0 Å². The lowest BCUT2D eigenvalue weighted by atomic mass is 10.2. The number of primary amides is 1. The van der Waals surface area contributed by atoms with Crippen molar-refractivity contribution in [3.63, 3.8) is 0 Å². The zero-order chi connectivity index (χ0) is 13.7. The molecule has 1 unspecified atom stereocenters. The van der Waals surface area contributed by atoms with Crippen LogP contribution in [0.1, 0.15) is 16.6 Å². The number of nitrogens with zero attached hydrogens (tertiary/aromatic N) is 1. The van der Waals surface area contributed by atoms with Crippen LogP contribution >= 0.6 is 27.3 Å². The summed E-state index contributed by atoms with van der Waals surface area (Å²) in [6.07, 6.45) is 0. The molecule has 1 aromatic rings. The number of amides is 2. The molecule has 0 aromatic carbocycles. The summed E-state index contributed by atoms with van der Waals surface area (Å²) in [5.41, 5.74) is 5.25. The van der Waals surface area contributed by atoms with Crippen molar-refractivity contribution in [2.45, 2.75) is 13.0 Å². The molecule has 0 spiro atoms. The molecule has 1 aromatic heterocycles. The molecule has 2 N–H and O–H groups in total. The van der Waals surface area contributed by atoms with Gasteiger partial charge in [0, 0.05) is 13.7 Å². The third-order valence-corrected chi connectivity index (χ3v) is 4.07. The fraction of sp³-hybridized carbons (Fsp3) is 0.455. The number of nitrogens with two attached hydrogens (primary N) is 1. The van der Waals surface area contributed by atoms with Crippen molar-refractivity contribution in [3.05, 3.63) is 20.8 Å². The van der Waals surface area contributed by atoms with Crippen LogP contribution < -0.4 is 5.73 Å². The summed E-state index contributed by atoms with van der Waals surface area (Å²) in [6, 6.07) is 2.85. The van der Waals surface area contributed by atoms with Gasteiger partial charge in [-0.25, -0.2) is 0 Å². The van der Waals surface area contributed by atoms with E-state index >= 15 is 0 Å². The molecular formula is C11H15BrN2O3S. The van der Waals surface area contributed by atoms with Gasteiger partial charge in [0.05, 0.1) is 15.3 Å². The monoisotopic (exact) mass is 334 g/mol. The summed E-state index contributed by atoms with van der Waals surface area (Å²) < 4.78 is 5.81. The Balaban J connectivity index is 2.88. The van der Waals surface area contributed by atoms with E-state index in [0.717, 1.165) is 3.79 Å². The van der Waals surface area contributed by atoms with Crippen LogP contribution in [0, 0.1) is 0 Å². The van der Waals surface area contributed by atoms with Crippen LogP contribution in [0.25, 0.3) is 0 Å². The van der Waals surface area contributed by atoms with Gasteiger partial charge in [-0.2, -0.15) is 0 Å².